The Kier molecular flexibility index (Phi) is 6.97. The Morgan fingerprint density at radius 2 is 2.09 bits per heavy atom. The zero-order valence-corrected chi connectivity index (χ0v) is 19.5. The molecule has 0 fully saturated rings. The summed E-state index contributed by atoms with van der Waals surface area (Å²) in [6.45, 7) is 1.99. The molecular formula is C25H21ClN2O4S. The predicted octanol–water partition coefficient (Wildman–Crippen LogP) is 6.26. The lowest BCUT2D eigenvalue weighted by Gasteiger charge is -2.12. The van der Waals surface area contributed by atoms with Crippen molar-refractivity contribution in [2.75, 3.05) is 11.9 Å². The van der Waals surface area contributed by atoms with Crippen LogP contribution in [-0.2, 0) is 22.4 Å². The fourth-order valence-electron chi connectivity index (χ4n) is 3.76. The second-order valence-corrected chi connectivity index (χ2v) is 9.01. The number of rotatable bonds is 6. The van der Waals surface area contributed by atoms with Gasteiger partial charge in [-0.05, 0) is 62.4 Å². The summed E-state index contributed by atoms with van der Waals surface area (Å²) in [5.41, 5.74) is 2.00. The molecule has 3 aromatic rings. The Hall–Kier alpha value is -3.34. The number of nitrogens with one attached hydrogen (secondary N) is 1. The predicted molar refractivity (Wildman–Crippen MR) is 128 cm³/mol. The van der Waals surface area contributed by atoms with Gasteiger partial charge in [-0.25, -0.2) is 4.79 Å². The third-order valence-corrected chi connectivity index (χ3v) is 6.71. The van der Waals surface area contributed by atoms with Gasteiger partial charge in [0.2, 0.25) is 0 Å². The zero-order valence-electron chi connectivity index (χ0n) is 17.9. The molecule has 0 saturated carbocycles. The van der Waals surface area contributed by atoms with Crippen LogP contribution in [0.1, 0.15) is 46.3 Å². The maximum atomic E-state index is 12.9. The molecule has 1 aromatic carbocycles. The van der Waals surface area contributed by atoms with Crippen LogP contribution in [-0.4, -0.2) is 18.5 Å². The van der Waals surface area contributed by atoms with E-state index in [1.54, 1.807) is 31.2 Å². The number of benzene rings is 1. The number of hydrogen-bond donors (Lipinski definition) is 1. The maximum Gasteiger partial charge on any atom is 0.341 e. The molecular weight excluding hydrogens is 460 g/mol. The second kappa shape index (κ2) is 10.1. The SMILES string of the molecule is CCOC(=O)c1c(NC(=O)C(C#N)=Cc2ccc(-c3cccc(Cl)c3)o2)sc2c1CCCC2. The van der Waals surface area contributed by atoms with E-state index in [0.29, 0.717) is 27.1 Å². The van der Waals surface area contributed by atoms with Gasteiger partial charge in [-0.1, -0.05) is 23.7 Å². The first-order chi connectivity index (χ1) is 16.0. The number of fused-ring (bicyclic) bond motifs is 1. The van der Waals surface area contributed by atoms with Crippen LogP contribution in [0.3, 0.4) is 0 Å². The molecule has 0 bridgehead atoms. The summed E-state index contributed by atoms with van der Waals surface area (Å²) in [7, 11) is 0. The summed E-state index contributed by atoms with van der Waals surface area (Å²) in [6, 6.07) is 12.5. The minimum absolute atomic E-state index is 0.136. The van der Waals surface area contributed by atoms with Gasteiger partial charge >= 0.3 is 5.97 Å². The molecule has 0 saturated heterocycles. The lowest BCUT2D eigenvalue weighted by molar-refractivity contribution is -0.112. The molecule has 6 nitrogen and oxygen atoms in total. The van der Waals surface area contributed by atoms with Crippen LogP contribution in [0.4, 0.5) is 5.00 Å². The normalized spacial score (nSPS) is 13.2. The minimum atomic E-state index is -0.609. The summed E-state index contributed by atoms with van der Waals surface area (Å²) in [5, 5.41) is 13.3. The Labute approximate surface area is 200 Å². The van der Waals surface area contributed by atoms with Crippen LogP contribution in [0, 0.1) is 11.3 Å². The van der Waals surface area contributed by atoms with Crippen molar-refractivity contribution >= 4 is 45.9 Å². The Balaban J connectivity index is 1.59. The molecule has 0 spiro atoms. The fraction of sp³-hybridized carbons (Fsp3) is 0.240. The highest BCUT2D eigenvalue weighted by Crippen LogP contribution is 2.39. The van der Waals surface area contributed by atoms with E-state index in [4.69, 9.17) is 20.8 Å². The number of amides is 1. The van der Waals surface area contributed by atoms with Gasteiger partial charge in [0.15, 0.2) is 0 Å². The van der Waals surface area contributed by atoms with Crippen molar-refractivity contribution in [3.05, 3.63) is 68.8 Å². The van der Waals surface area contributed by atoms with E-state index in [1.807, 2.05) is 18.2 Å². The average Bonchev–Trinajstić information content (AvgIpc) is 3.42. The number of furan rings is 1. The molecule has 4 rings (SSSR count). The zero-order chi connectivity index (χ0) is 23.4. The van der Waals surface area contributed by atoms with Crippen LogP contribution >= 0.6 is 22.9 Å². The number of nitriles is 1. The van der Waals surface area contributed by atoms with Gasteiger partial charge < -0.3 is 14.5 Å². The molecule has 33 heavy (non-hydrogen) atoms. The third-order valence-electron chi connectivity index (χ3n) is 5.27. The lowest BCUT2D eigenvalue weighted by atomic mass is 9.95. The summed E-state index contributed by atoms with van der Waals surface area (Å²) in [6.07, 6.45) is 5.04. The highest BCUT2D eigenvalue weighted by atomic mass is 35.5. The standard InChI is InChI=1S/C25H21ClN2O4S/c1-2-31-25(30)22-19-8-3-4-9-21(19)33-24(22)28-23(29)16(14-27)13-18-10-11-20(32-18)15-6-5-7-17(26)12-15/h5-7,10-13H,2-4,8-9H2,1H3,(H,28,29). The van der Waals surface area contributed by atoms with E-state index in [2.05, 4.69) is 5.32 Å². The van der Waals surface area contributed by atoms with Gasteiger partial charge in [-0.3, -0.25) is 4.79 Å². The lowest BCUT2D eigenvalue weighted by Crippen LogP contribution is -2.16. The monoisotopic (exact) mass is 480 g/mol. The molecule has 1 amide bonds. The topological polar surface area (TPSA) is 92.3 Å². The number of anilines is 1. The van der Waals surface area contributed by atoms with Crippen molar-refractivity contribution in [2.45, 2.75) is 32.6 Å². The van der Waals surface area contributed by atoms with Crippen LogP contribution < -0.4 is 5.32 Å². The van der Waals surface area contributed by atoms with E-state index in [9.17, 15) is 14.9 Å². The minimum Gasteiger partial charge on any atom is -0.462 e. The molecule has 1 aliphatic carbocycles. The van der Waals surface area contributed by atoms with Crippen molar-refractivity contribution in [1.82, 2.24) is 0 Å². The highest BCUT2D eigenvalue weighted by Gasteiger charge is 2.27. The molecule has 0 unspecified atom stereocenters. The Morgan fingerprint density at radius 3 is 2.85 bits per heavy atom. The number of carbonyl (C=O) groups is 2. The number of halogens is 1. The summed E-state index contributed by atoms with van der Waals surface area (Å²) in [5.74, 6) is -0.140. The molecule has 1 N–H and O–H groups in total. The van der Waals surface area contributed by atoms with E-state index in [0.717, 1.165) is 41.7 Å². The van der Waals surface area contributed by atoms with Gasteiger partial charge in [-0.2, -0.15) is 5.26 Å². The maximum absolute atomic E-state index is 12.9. The van der Waals surface area contributed by atoms with Gasteiger partial charge in [0, 0.05) is 21.5 Å². The number of thiophene rings is 1. The molecule has 0 aliphatic heterocycles. The van der Waals surface area contributed by atoms with Crippen molar-refractivity contribution in [1.29, 1.82) is 5.26 Å². The summed E-state index contributed by atoms with van der Waals surface area (Å²) >= 11 is 7.41. The summed E-state index contributed by atoms with van der Waals surface area (Å²) < 4.78 is 11.0. The molecule has 168 valence electrons. The van der Waals surface area contributed by atoms with E-state index < -0.39 is 11.9 Å². The molecule has 2 aromatic heterocycles. The number of nitrogens with zero attached hydrogens (tertiary/aromatic N) is 1. The number of esters is 1. The first-order valence-corrected chi connectivity index (χ1v) is 11.8. The van der Waals surface area contributed by atoms with Crippen LogP contribution in [0.15, 0.2) is 46.4 Å². The van der Waals surface area contributed by atoms with Crippen molar-refractivity contribution in [2.24, 2.45) is 0 Å². The fourth-order valence-corrected chi connectivity index (χ4v) is 5.22. The number of aryl methyl sites for hydroxylation is 1. The molecule has 0 radical (unpaired) electrons. The van der Waals surface area contributed by atoms with Crippen LogP contribution in [0.5, 0.6) is 0 Å². The molecule has 1 aliphatic rings. The van der Waals surface area contributed by atoms with Crippen LogP contribution in [0.25, 0.3) is 17.4 Å². The first kappa shape index (κ1) is 22.8. The van der Waals surface area contributed by atoms with Gasteiger partial charge in [-0.15, -0.1) is 11.3 Å². The third kappa shape index (κ3) is 5.03. The van der Waals surface area contributed by atoms with Crippen molar-refractivity contribution in [3.63, 3.8) is 0 Å². The Morgan fingerprint density at radius 1 is 1.27 bits per heavy atom. The first-order valence-electron chi connectivity index (χ1n) is 10.6. The van der Waals surface area contributed by atoms with Crippen molar-refractivity contribution < 1.29 is 18.7 Å². The number of hydrogen-bond acceptors (Lipinski definition) is 6. The molecule has 8 heteroatoms. The second-order valence-electron chi connectivity index (χ2n) is 7.47. The smallest absolute Gasteiger partial charge is 0.341 e. The van der Waals surface area contributed by atoms with E-state index in [1.165, 1.54) is 17.4 Å². The average molecular weight is 481 g/mol. The number of ether oxygens (including phenoxy) is 1. The van der Waals surface area contributed by atoms with Crippen molar-refractivity contribution in [3.8, 4) is 17.4 Å². The highest BCUT2D eigenvalue weighted by molar-refractivity contribution is 7.17. The molecule has 2 heterocycles. The van der Waals surface area contributed by atoms with Gasteiger partial charge in [0.25, 0.3) is 5.91 Å². The Bertz CT molecular complexity index is 1280. The van der Waals surface area contributed by atoms with Gasteiger partial charge in [0.1, 0.15) is 28.2 Å². The van der Waals surface area contributed by atoms with Gasteiger partial charge in [0.05, 0.1) is 12.2 Å². The number of carbonyl (C=O) groups excluding carboxylic acids is 2. The molecule has 0 atom stereocenters. The largest absolute Gasteiger partial charge is 0.462 e. The quantitative estimate of drug-likeness (QED) is 0.255. The van der Waals surface area contributed by atoms with E-state index in [-0.39, 0.29) is 12.2 Å². The van der Waals surface area contributed by atoms with Crippen LogP contribution in [0.2, 0.25) is 5.02 Å². The van der Waals surface area contributed by atoms with E-state index >= 15 is 0 Å². The summed E-state index contributed by atoms with van der Waals surface area (Å²) in [4.78, 5) is 26.6.